The number of carbonyl (C=O) groups is 1. The number of nitrogens with zero attached hydrogens (tertiary/aromatic N) is 1. The highest BCUT2D eigenvalue weighted by molar-refractivity contribution is 7.53. The summed E-state index contributed by atoms with van der Waals surface area (Å²) in [6.07, 6.45) is 1.40. The van der Waals surface area contributed by atoms with Crippen molar-refractivity contribution in [2.75, 3.05) is 5.32 Å². The van der Waals surface area contributed by atoms with Crippen molar-refractivity contribution >= 4 is 42.1 Å². The van der Waals surface area contributed by atoms with Crippen LogP contribution >= 0.6 is 30.5 Å². The fourth-order valence-corrected chi connectivity index (χ4v) is 7.14. The van der Waals surface area contributed by atoms with E-state index < -0.39 is 12.8 Å². The molecule has 3 aromatic carbocycles. The van der Waals surface area contributed by atoms with Gasteiger partial charge < -0.3 is 15.1 Å². The second-order valence-electron chi connectivity index (χ2n) is 9.07. The van der Waals surface area contributed by atoms with Crippen LogP contribution in [0.2, 0.25) is 5.02 Å². The smallest absolute Gasteiger partial charge is 0.326 e. The van der Waals surface area contributed by atoms with Crippen molar-refractivity contribution in [3.05, 3.63) is 94.3 Å². The first kappa shape index (κ1) is 28.2. The van der Waals surface area contributed by atoms with Gasteiger partial charge in [0.05, 0.1) is 10.9 Å². The molecule has 1 amide bonds. The van der Waals surface area contributed by atoms with Gasteiger partial charge in [-0.3, -0.25) is 9.36 Å². The second kappa shape index (κ2) is 11.9. The SMILES string of the molecule is CCC(CC)(c1ccc(NC(=O)CCc2sc(-c3ccccc3)nc2-c2ccc(Cl)cc2)cc1)P(=O)(O)O. The summed E-state index contributed by atoms with van der Waals surface area (Å²) in [6.45, 7) is 3.55. The summed E-state index contributed by atoms with van der Waals surface area (Å²) in [7, 11) is -4.37. The molecule has 1 aromatic heterocycles. The van der Waals surface area contributed by atoms with Crippen molar-refractivity contribution in [3.8, 4) is 21.8 Å². The Bertz CT molecular complexity index is 1430. The van der Waals surface area contributed by atoms with Crippen LogP contribution in [0.3, 0.4) is 0 Å². The molecule has 0 aliphatic carbocycles. The minimum atomic E-state index is -4.37. The Balaban J connectivity index is 1.50. The van der Waals surface area contributed by atoms with E-state index >= 15 is 0 Å². The maximum absolute atomic E-state index is 12.8. The van der Waals surface area contributed by atoms with E-state index in [0.29, 0.717) is 35.5 Å². The molecule has 0 aliphatic heterocycles. The molecule has 0 unspecified atom stereocenters. The minimum absolute atomic E-state index is 0.151. The van der Waals surface area contributed by atoms with E-state index in [1.165, 1.54) is 0 Å². The number of anilines is 1. The molecule has 0 saturated heterocycles. The van der Waals surface area contributed by atoms with Crippen molar-refractivity contribution in [3.63, 3.8) is 0 Å². The van der Waals surface area contributed by atoms with Gasteiger partial charge in [0, 0.05) is 33.1 Å². The van der Waals surface area contributed by atoms with Crippen LogP contribution in [0.25, 0.3) is 21.8 Å². The average Bonchev–Trinajstić information content (AvgIpc) is 3.34. The summed E-state index contributed by atoms with van der Waals surface area (Å²) in [5.74, 6) is -0.151. The molecule has 0 atom stereocenters. The molecule has 3 N–H and O–H groups in total. The monoisotopic (exact) mass is 568 g/mol. The summed E-state index contributed by atoms with van der Waals surface area (Å²) >= 11 is 7.66. The number of benzene rings is 3. The van der Waals surface area contributed by atoms with Gasteiger partial charge in [-0.15, -0.1) is 11.3 Å². The molecule has 9 heteroatoms. The second-order valence-corrected chi connectivity index (χ2v) is 12.5. The number of rotatable bonds is 10. The summed E-state index contributed by atoms with van der Waals surface area (Å²) < 4.78 is 12.3. The Morgan fingerprint density at radius 2 is 1.58 bits per heavy atom. The van der Waals surface area contributed by atoms with Crippen LogP contribution in [-0.4, -0.2) is 20.7 Å². The van der Waals surface area contributed by atoms with Crippen molar-refractivity contribution in [1.82, 2.24) is 4.98 Å². The number of nitrogens with one attached hydrogen (secondary N) is 1. The van der Waals surface area contributed by atoms with Gasteiger partial charge in [0.15, 0.2) is 0 Å². The summed E-state index contributed by atoms with van der Waals surface area (Å²) in [5, 5.41) is 3.22. The van der Waals surface area contributed by atoms with Gasteiger partial charge in [-0.25, -0.2) is 4.98 Å². The lowest BCUT2D eigenvalue weighted by molar-refractivity contribution is -0.116. The van der Waals surface area contributed by atoms with Crippen molar-refractivity contribution in [2.45, 2.75) is 44.7 Å². The Morgan fingerprint density at radius 1 is 0.947 bits per heavy atom. The topological polar surface area (TPSA) is 99.5 Å². The fourth-order valence-electron chi connectivity index (χ4n) is 4.61. The lowest BCUT2D eigenvalue weighted by Gasteiger charge is -2.33. The van der Waals surface area contributed by atoms with Crippen LogP contribution in [0, 0.1) is 0 Å². The highest BCUT2D eigenvalue weighted by Crippen LogP contribution is 2.60. The van der Waals surface area contributed by atoms with Crippen LogP contribution in [0.15, 0.2) is 78.9 Å². The van der Waals surface area contributed by atoms with Crippen LogP contribution < -0.4 is 5.32 Å². The Morgan fingerprint density at radius 3 is 2.16 bits per heavy atom. The molecule has 0 aliphatic rings. The summed E-state index contributed by atoms with van der Waals surface area (Å²) in [5.41, 5.74) is 3.96. The number of thiazole rings is 1. The molecule has 4 rings (SSSR count). The highest BCUT2D eigenvalue weighted by Gasteiger charge is 2.45. The van der Waals surface area contributed by atoms with Crippen molar-refractivity contribution < 1.29 is 19.1 Å². The zero-order valence-electron chi connectivity index (χ0n) is 21.2. The summed E-state index contributed by atoms with van der Waals surface area (Å²) in [6, 6.07) is 24.2. The number of aromatic nitrogens is 1. The molecule has 0 radical (unpaired) electrons. The lowest BCUT2D eigenvalue weighted by atomic mass is 9.92. The van der Waals surface area contributed by atoms with E-state index in [0.717, 1.165) is 26.7 Å². The molecular weight excluding hydrogens is 539 g/mol. The molecule has 0 fully saturated rings. The third kappa shape index (κ3) is 6.09. The molecule has 198 valence electrons. The normalized spacial score (nSPS) is 11.9. The number of hydrogen-bond donors (Lipinski definition) is 3. The third-order valence-electron chi connectivity index (χ3n) is 6.85. The third-order valence-corrected chi connectivity index (χ3v) is 10.3. The number of amides is 1. The molecular formula is C29H30ClN2O4PS. The number of carbonyl (C=O) groups excluding carboxylic acids is 1. The van der Waals surface area contributed by atoms with Crippen LogP contribution in [0.5, 0.6) is 0 Å². The first-order valence-electron chi connectivity index (χ1n) is 12.4. The van der Waals surface area contributed by atoms with Gasteiger partial charge in [0.1, 0.15) is 5.01 Å². The number of hydrogen-bond acceptors (Lipinski definition) is 4. The molecule has 38 heavy (non-hydrogen) atoms. The van der Waals surface area contributed by atoms with Gasteiger partial charge >= 0.3 is 7.60 Å². The average molecular weight is 569 g/mol. The number of aryl methyl sites for hydroxylation is 1. The highest BCUT2D eigenvalue weighted by atomic mass is 35.5. The zero-order chi connectivity index (χ0) is 27.3. The van der Waals surface area contributed by atoms with Gasteiger partial charge in [-0.2, -0.15) is 0 Å². The van der Waals surface area contributed by atoms with Gasteiger partial charge in [-0.1, -0.05) is 80.0 Å². The quantitative estimate of drug-likeness (QED) is 0.169. The molecule has 0 spiro atoms. The molecule has 0 saturated carbocycles. The Kier molecular flexibility index (Phi) is 8.86. The first-order chi connectivity index (χ1) is 18.2. The predicted octanol–water partition coefficient (Wildman–Crippen LogP) is 7.89. The Labute approximate surface area is 231 Å². The lowest BCUT2D eigenvalue weighted by Crippen LogP contribution is -2.24. The predicted molar refractivity (Wildman–Crippen MR) is 156 cm³/mol. The van der Waals surface area contributed by atoms with Crippen LogP contribution in [0.1, 0.15) is 43.6 Å². The van der Waals surface area contributed by atoms with Gasteiger partial charge in [-0.05, 0) is 49.1 Å². The van der Waals surface area contributed by atoms with E-state index in [-0.39, 0.29) is 12.3 Å². The standard InChI is InChI=1S/C29H30ClN2O4PS/c1-3-29(4-2,37(34,35)36)22-12-16-24(17-13-22)31-26(33)19-18-25-27(20-10-14-23(30)15-11-20)32-28(38-25)21-8-6-5-7-9-21/h5-17H,3-4,18-19H2,1-2H3,(H,31,33)(H2,34,35,36). The molecule has 0 bridgehead atoms. The van der Waals surface area contributed by atoms with E-state index in [2.05, 4.69) is 5.32 Å². The maximum atomic E-state index is 12.8. The van der Waals surface area contributed by atoms with E-state index in [1.54, 1.807) is 49.4 Å². The largest absolute Gasteiger partial charge is 0.335 e. The molecule has 6 nitrogen and oxygen atoms in total. The van der Waals surface area contributed by atoms with Gasteiger partial charge in [0.2, 0.25) is 5.91 Å². The number of halogens is 1. The molecule has 4 aromatic rings. The summed E-state index contributed by atoms with van der Waals surface area (Å²) in [4.78, 5) is 38.7. The first-order valence-corrected chi connectivity index (χ1v) is 15.2. The molecule has 1 heterocycles. The van der Waals surface area contributed by atoms with Crippen LogP contribution in [0.4, 0.5) is 5.69 Å². The van der Waals surface area contributed by atoms with E-state index in [1.807, 2.05) is 54.6 Å². The van der Waals surface area contributed by atoms with Crippen molar-refractivity contribution in [2.24, 2.45) is 0 Å². The van der Waals surface area contributed by atoms with Gasteiger partial charge in [0.25, 0.3) is 0 Å². The van der Waals surface area contributed by atoms with Crippen molar-refractivity contribution in [1.29, 1.82) is 0 Å². The Hall–Kier alpha value is -2.80. The minimum Gasteiger partial charge on any atom is -0.326 e. The van der Waals surface area contributed by atoms with E-state index in [4.69, 9.17) is 16.6 Å². The van der Waals surface area contributed by atoms with E-state index in [9.17, 15) is 19.1 Å². The maximum Gasteiger partial charge on any atom is 0.335 e. The van der Waals surface area contributed by atoms with Crippen LogP contribution in [-0.2, 0) is 20.9 Å². The zero-order valence-corrected chi connectivity index (χ0v) is 23.7. The fraction of sp³-hybridized carbons (Fsp3) is 0.241.